The van der Waals surface area contributed by atoms with Gasteiger partial charge in [-0.25, -0.2) is 0 Å². The first-order valence-electron chi connectivity index (χ1n) is 6.04. The topological polar surface area (TPSA) is 44.8 Å². The molecule has 0 aliphatic carbocycles. The summed E-state index contributed by atoms with van der Waals surface area (Å²) >= 11 is 0. The van der Waals surface area contributed by atoms with Gasteiger partial charge >= 0.3 is 0 Å². The van der Waals surface area contributed by atoms with Crippen molar-refractivity contribution in [3.8, 4) is 0 Å². The number of carbonyl (C=O) groups is 1. The summed E-state index contributed by atoms with van der Waals surface area (Å²) in [5.74, 6) is -0.0715. The van der Waals surface area contributed by atoms with Crippen LogP contribution in [0.2, 0.25) is 0 Å². The maximum atomic E-state index is 10.9. The van der Waals surface area contributed by atoms with Gasteiger partial charge in [0.05, 0.1) is 0 Å². The molecule has 0 aromatic heterocycles. The van der Waals surface area contributed by atoms with Crippen molar-refractivity contribution < 1.29 is 18.7 Å². The lowest BCUT2D eigenvalue weighted by Crippen LogP contribution is -2.17. The normalized spacial score (nSPS) is 10.9. The van der Waals surface area contributed by atoms with Crippen LogP contribution in [0.25, 0.3) is 0 Å². The van der Waals surface area contributed by atoms with Crippen molar-refractivity contribution >= 4 is 16.5 Å². The molecule has 0 N–H and O–H groups in total. The largest absolute Gasteiger partial charge is 0.529 e. The van der Waals surface area contributed by atoms with Gasteiger partial charge in [0.2, 0.25) is 10.5 Å². The van der Waals surface area contributed by atoms with E-state index in [0.29, 0.717) is 30.1 Å². The molecule has 0 rings (SSSR count). The van der Waals surface area contributed by atoms with Crippen LogP contribution in [-0.4, -0.2) is 36.0 Å². The summed E-state index contributed by atoms with van der Waals surface area (Å²) in [6.07, 6.45) is 4.30. The zero-order valence-corrected chi connectivity index (χ0v) is 12.7. The van der Waals surface area contributed by atoms with Gasteiger partial charge in [-0.2, -0.15) is 0 Å². The number of hydrogen-bond donors (Lipinski definition) is 0. The van der Waals surface area contributed by atoms with Crippen LogP contribution in [0.1, 0.15) is 46.0 Å². The number of hydrogen-bond acceptors (Lipinski definition) is 4. The Morgan fingerprint density at radius 1 is 1.12 bits per heavy atom. The molecule has 0 radical (unpaired) electrons. The lowest BCUT2D eigenvalue weighted by molar-refractivity contribution is -0.140. The van der Waals surface area contributed by atoms with Crippen LogP contribution in [0, 0.1) is 0 Å². The van der Waals surface area contributed by atoms with E-state index in [2.05, 4.69) is 0 Å². The molecule has 5 heteroatoms. The first-order valence-corrected chi connectivity index (χ1v) is 6.86. The fourth-order valence-electron chi connectivity index (χ4n) is 1.45. The minimum absolute atomic E-state index is 0.0715. The van der Waals surface area contributed by atoms with E-state index in [1.165, 1.54) is 0 Å². The lowest BCUT2D eigenvalue weighted by atomic mass is 10.1. The molecular formula is C11H24O4Si. The first-order chi connectivity index (χ1) is 7.74. The SMILES string of the molecule is CCOC(CCCCCC(=O)O[SiH3])OCC. The monoisotopic (exact) mass is 248 g/mol. The van der Waals surface area contributed by atoms with Crippen LogP contribution in [0.5, 0.6) is 0 Å². The first kappa shape index (κ1) is 15.6. The molecule has 4 nitrogen and oxygen atoms in total. The summed E-state index contributed by atoms with van der Waals surface area (Å²) in [6, 6.07) is 0. The maximum absolute atomic E-state index is 10.9. The summed E-state index contributed by atoms with van der Waals surface area (Å²) in [5, 5.41) is 0. The van der Waals surface area contributed by atoms with Gasteiger partial charge in [-0.15, -0.1) is 0 Å². The Hall–Kier alpha value is -0.393. The lowest BCUT2D eigenvalue weighted by Gasteiger charge is -2.16. The molecule has 0 heterocycles. The summed E-state index contributed by atoms with van der Waals surface area (Å²) in [4.78, 5) is 10.9. The van der Waals surface area contributed by atoms with Crippen LogP contribution in [0.4, 0.5) is 0 Å². The number of ether oxygens (including phenoxy) is 2. The Labute approximate surface area is 101 Å². The second-order valence-electron chi connectivity index (χ2n) is 3.52. The Morgan fingerprint density at radius 2 is 1.75 bits per heavy atom. The van der Waals surface area contributed by atoms with E-state index in [4.69, 9.17) is 13.9 Å². The van der Waals surface area contributed by atoms with Gasteiger partial charge in [0, 0.05) is 19.6 Å². The third-order valence-electron chi connectivity index (χ3n) is 2.25. The fourth-order valence-corrected chi connectivity index (χ4v) is 1.65. The van der Waals surface area contributed by atoms with E-state index < -0.39 is 0 Å². The zero-order valence-electron chi connectivity index (χ0n) is 10.7. The molecule has 16 heavy (non-hydrogen) atoms. The van der Waals surface area contributed by atoms with E-state index in [1.54, 1.807) is 0 Å². The van der Waals surface area contributed by atoms with Gasteiger partial charge in [-0.3, -0.25) is 4.79 Å². The molecular weight excluding hydrogens is 224 g/mol. The van der Waals surface area contributed by atoms with Gasteiger partial charge in [-0.1, -0.05) is 6.42 Å². The molecule has 0 aromatic rings. The predicted molar refractivity (Wildman–Crippen MR) is 66.2 cm³/mol. The third kappa shape index (κ3) is 8.88. The highest BCUT2D eigenvalue weighted by atomic mass is 28.2. The molecule has 0 fully saturated rings. The number of unbranched alkanes of at least 4 members (excludes halogenated alkanes) is 2. The second kappa shape index (κ2) is 11.1. The van der Waals surface area contributed by atoms with Crippen LogP contribution >= 0.6 is 0 Å². The summed E-state index contributed by atoms with van der Waals surface area (Å²) in [6.45, 7) is 5.29. The Bertz CT molecular complexity index is 169. The molecule has 96 valence electrons. The van der Waals surface area contributed by atoms with Crippen molar-refractivity contribution in [2.24, 2.45) is 0 Å². The van der Waals surface area contributed by atoms with Crippen LogP contribution < -0.4 is 0 Å². The maximum Gasteiger partial charge on any atom is 0.291 e. The molecule has 0 atom stereocenters. The average molecular weight is 248 g/mol. The molecule has 0 aliphatic heterocycles. The van der Waals surface area contributed by atoms with Crippen molar-refractivity contribution in [3.63, 3.8) is 0 Å². The van der Waals surface area contributed by atoms with Gasteiger partial charge in [0.1, 0.15) is 0 Å². The van der Waals surface area contributed by atoms with Crippen molar-refractivity contribution in [2.45, 2.75) is 52.2 Å². The number of rotatable bonds is 10. The highest BCUT2D eigenvalue weighted by molar-refractivity contribution is 6.05. The highest BCUT2D eigenvalue weighted by Crippen LogP contribution is 2.09. The van der Waals surface area contributed by atoms with E-state index in [0.717, 1.165) is 25.7 Å². The van der Waals surface area contributed by atoms with Crippen molar-refractivity contribution in [3.05, 3.63) is 0 Å². The van der Waals surface area contributed by atoms with Gasteiger partial charge < -0.3 is 13.9 Å². The van der Waals surface area contributed by atoms with Crippen LogP contribution in [-0.2, 0) is 18.7 Å². The molecule has 0 aliphatic rings. The molecule has 0 unspecified atom stereocenters. The summed E-state index contributed by atoms with van der Waals surface area (Å²) < 4.78 is 15.6. The molecule has 0 spiro atoms. The van der Waals surface area contributed by atoms with E-state index in [9.17, 15) is 4.79 Å². The van der Waals surface area contributed by atoms with E-state index in [1.807, 2.05) is 13.8 Å². The van der Waals surface area contributed by atoms with Gasteiger partial charge in [0.15, 0.2) is 6.29 Å². The molecule has 0 amide bonds. The van der Waals surface area contributed by atoms with E-state index in [-0.39, 0.29) is 12.3 Å². The second-order valence-corrected chi connectivity index (χ2v) is 3.92. The predicted octanol–water partition coefficient (Wildman–Crippen LogP) is 1.16. The standard InChI is InChI=1S/C11H24O4Si/c1-3-13-11(14-4-2)9-7-5-6-8-10(12)15-16/h11H,3-9H2,1-2,16H3. The summed E-state index contributed by atoms with van der Waals surface area (Å²) in [5.41, 5.74) is 0. The smallest absolute Gasteiger partial charge is 0.291 e. The molecule has 0 saturated carbocycles. The Kier molecular flexibility index (Phi) is 10.8. The highest BCUT2D eigenvalue weighted by Gasteiger charge is 2.07. The van der Waals surface area contributed by atoms with Crippen LogP contribution in [0.3, 0.4) is 0 Å². The Balaban J connectivity index is 3.42. The summed E-state index contributed by atoms with van der Waals surface area (Å²) in [7, 11) is 0.501. The zero-order chi connectivity index (χ0) is 12.2. The van der Waals surface area contributed by atoms with Gasteiger partial charge in [0.25, 0.3) is 5.97 Å². The minimum Gasteiger partial charge on any atom is -0.529 e. The van der Waals surface area contributed by atoms with Crippen molar-refractivity contribution in [1.82, 2.24) is 0 Å². The molecule has 0 saturated heterocycles. The van der Waals surface area contributed by atoms with E-state index >= 15 is 0 Å². The Morgan fingerprint density at radius 3 is 2.25 bits per heavy atom. The third-order valence-corrected chi connectivity index (χ3v) is 2.71. The molecule has 0 aromatic carbocycles. The molecule has 0 bridgehead atoms. The number of carbonyl (C=O) groups excluding carboxylic acids is 1. The van der Waals surface area contributed by atoms with Gasteiger partial charge in [-0.05, 0) is 33.1 Å². The quantitative estimate of drug-likeness (QED) is 0.331. The van der Waals surface area contributed by atoms with Crippen molar-refractivity contribution in [1.29, 1.82) is 0 Å². The minimum atomic E-state index is -0.0828. The average Bonchev–Trinajstić information content (AvgIpc) is 2.28. The fraction of sp³-hybridized carbons (Fsp3) is 0.909. The van der Waals surface area contributed by atoms with Crippen molar-refractivity contribution in [2.75, 3.05) is 13.2 Å². The van der Waals surface area contributed by atoms with Crippen LogP contribution in [0.15, 0.2) is 0 Å².